The van der Waals surface area contributed by atoms with Gasteiger partial charge in [0.15, 0.2) is 5.82 Å². The zero-order valence-electron chi connectivity index (χ0n) is 20.0. The topological polar surface area (TPSA) is 98.3 Å². The average Bonchev–Trinajstić information content (AvgIpc) is 3.72. The van der Waals surface area contributed by atoms with E-state index in [9.17, 15) is 8.78 Å². The third kappa shape index (κ3) is 4.44. The highest BCUT2D eigenvalue weighted by Gasteiger charge is 2.53. The van der Waals surface area contributed by atoms with Crippen LogP contribution in [0.3, 0.4) is 0 Å². The molecule has 7 nitrogen and oxygen atoms in total. The SMILES string of the molecule is CC#CCOc1cnc2c(Nc3cnc(F)c([C@]4(C)CS[C@@](CF)(C5CC5)C(N)=N4)c3)nccc2c1. The smallest absolute Gasteiger partial charge is 0.218 e. The molecule has 186 valence electrons. The summed E-state index contributed by atoms with van der Waals surface area (Å²) in [6, 6.07) is 5.34. The van der Waals surface area contributed by atoms with E-state index in [0.29, 0.717) is 28.5 Å². The van der Waals surface area contributed by atoms with Crippen molar-refractivity contribution in [2.45, 2.75) is 37.0 Å². The molecule has 0 unspecified atom stereocenters. The molecule has 4 heterocycles. The lowest BCUT2D eigenvalue weighted by Crippen LogP contribution is -2.51. The maximum Gasteiger partial charge on any atom is 0.218 e. The molecule has 2 atom stereocenters. The maximum absolute atomic E-state index is 15.0. The molecule has 0 radical (unpaired) electrons. The van der Waals surface area contributed by atoms with E-state index in [2.05, 4.69) is 37.1 Å². The van der Waals surface area contributed by atoms with Crippen LogP contribution in [0.15, 0.2) is 41.8 Å². The summed E-state index contributed by atoms with van der Waals surface area (Å²) in [5.74, 6) is 6.91. The lowest BCUT2D eigenvalue weighted by molar-refractivity contribution is 0.369. The number of amidine groups is 1. The Balaban J connectivity index is 1.44. The molecule has 0 spiro atoms. The van der Waals surface area contributed by atoms with Gasteiger partial charge in [-0.1, -0.05) is 5.92 Å². The number of alkyl halides is 1. The van der Waals surface area contributed by atoms with E-state index in [4.69, 9.17) is 10.5 Å². The van der Waals surface area contributed by atoms with Crippen molar-refractivity contribution in [2.24, 2.45) is 16.6 Å². The number of aliphatic imine (C=N–C) groups is 1. The first kappa shape index (κ1) is 24.3. The number of aromatic nitrogens is 3. The van der Waals surface area contributed by atoms with Crippen LogP contribution in [-0.4, -0.2) is 44.6 Å². The van der Waals surface area contributed by atoms with Crippen LogP contribution in [0.1, 0.15) is 32.3 Å². The van der Waals surface area contributed by atoms with Crippen LogP contribution in [-0.2, 0) is 5.54 Å². The minimum absolute atomic E-state index is 0.187. The van der Waals surface area contributed by atoms with Crippen LogP contribution in [0.5, 0.6) is 5.75 Å². The minimum Gasteiger partial charge on any atom is -0.479 e. The second-order valence-corrected chi connectivity index (χ2v) is 10.5. The summed E-state index contributed by atoms with van der Waals surface area (Å²) >= 11 is 1.43. The summed E-state index contributed by atoms with van der Waals surface area (Å²) in [6.45, 7) is 3.26. The molecule has 36 heavy (non-hydrogen) atoms. The summed E-state index contributed by atoms with van der Waals surface area (Å²) < 4.78 is 33.8. The van der Waals surface area contributed by atoms with E-state index in [1.807, 2.05) is 12.1 Å². The number of rotatable bonds is 7. The number of nitrogens with two attached hydrogens (primary N) is 1. The Kier molecular flexibility index (Phi) is 6.43. The molecule has 3 N–H and O–H groups in total. The fourth-order valence-electron chi connectivity index (χ4n) is 4.40. The third-order valence-corrected chi connectivity index (χ3v) is 8.46. The van der Waals surface area contributed by atoms with Crippen molar-refractivity contribution in [1.29, 1.82) is 0 Å². The van der Waals surface area contributed by atoms with Crippen molar-refractivity contribution in [1.82, 2.24) is 15.0 Å². The minimum atomic E-state index is -0.977. The van der Waals surface area contributed by atoms with Crippen molar-refractivity contribution in [3.8, 4) is 17.6 Å². The van der Waals surface area contributed by atoms with Crippen molar-refractivity contribution in [3.63, 3.8) is 0 Å². The lowest BCUT2D eigenvalue weighted by Gasteiger charge is -2.40. The van der Waals surface area contributed by atoms with Gasteiger partial charge >= 0.3 is 0 Å². The van der Waals surface area contributed by atoms with E-state index in [-0.39, 0.29) is 23.9 Å². The van der Waals surface area contributed by atoms with Gasteiger partial charge in [0.1, 0.15) is 35.1 Å². The zero-order valence-corrected chi connectivity index (χ0v) is 20.8. The number of halogens is 2. The first-order chi connectivity index (χ1) is 17.4. The van der Waals surface area contributed by atoms with Gasteiger partial charge in [0.25, 0.3) is 0 Å². The Morgan fingerprint density at radius 3 is 2.81 bits per heavy atom. The molecule has 1 fully saturated rings. The molecular formula is C26H26F2N6OS. The highest BCUT2D eigenvalue weighted by molar-refractivity contribution is 8.01. The fourth-order valence-corrected chi connectivity index (χ4v) is 5.90. The second kappa shape index (κ2) is 9.54. The highest BCUT2D eigenvalue weighted by atomic mass is 32.2. The van der Waals surface area contributed by atoms with Crippen molar-refractivity contribution >= 4 is 40.0 Å². The molecule has 10 heteroatoms. The Morgan fingerprint density at radius 2 is 2.08 bits per heavy atom. The number of ether oxygens (including phenoxy) is 1. The van der Waals surface area contributed by atoms with Crippen LogP contribution in [0, 0.1) is 23.7 Å². The van der Waals surface area contributed by atoms with Gasteiger partial charge in [0.05, 0.1) is 23.6 Å². The number of hydrogen-bond donors (Lipinski definition) is 2. The Bertz CT molecular complexity index is 1400. The van der Waals surface area contributed by atoms with Crippen LogP contribution in [0.25, 0.3) is 10.9 Å². The van der Waals surface area contributed by atoms with Gasteiger partial charge in [0, 0.05) is 22.9 Å². The van der Waals surface area contributed by atoms with Crippen molar-refractivity contribution < 1.29 is 13.5 Å². The van der Waals surface area contributed by atoms with E-state index in [1.165, 1.54) is 18.0 Å². The van der Waals surface area contributed by atoms with Crippen LogP contribution >= 0.6 is 11.8 Å². The predicted molar refractivity (Wildman–Crippen MR) is 139 cm³/mol. The number of pyridine rings is 3. The quantitative estimate of drug-likeness (QED) is 0.351. The molecule has 1 aliphatic carbocycles. The average molecular weight is 509 g/mol. The van der Waals surface area contributed by atoms with E-state index < -0.39 is 22.9 Å². The standard InChI is InChI=1S/C26H26F2N6OS/c1-3-4-9-35-19-10-16-7-8-30-23(21(16)31-13-19)33-18-11-20(22(28)32-12-18)25(2)15-36-26(14-27,17-5-6-17)24(29)34-25/h7-8,10-13,17H,5-6,9,14-15H2,1-2H3,(H2,29,34)(H,30,33)/t25-,26-/m0/s1. The molecule has 3 aromatic rings. The molecule has 0 bridgehead atoms. The first-order valence-corrected chi connectivity index (χ1v) is 12.6. The monoisotopic (exact) mass is 508 g/mol. The molecule has 0 aromatic carbocycles. The van der Waals surface area contributed by atoms with E-state index >= 15 is 0 Å². The molecule has 3 aromatic heterocycles. The lowest BCUT2D eigenvalue weighted by atomic mass is 9.93. The van der Waals surface area contributed by atoms with E-state index in [0.717, 1.165) is 18.2 Å². The Morgan fingerprint density at radius 1 is 1.25 bits per heavy atom. The first-order valence-electron chi connectivity index (χ1n) is 11.6. The summed E-state index contributed by atoms with van der Waals surface area (Å²) in [7, 11) is 0. The number of anilines is 2. The number of hydrogen-bond acceptors (Lipinski definition) is 8. The molecule has 1 aliphatic heterocycles. The van der Waals surface area contributed by atoms with Crippen LogP contribution in [0.2, 0.25) is 0 Å². The van der Waals surface area contributed by atoms with Crippen molar-refractivity contribution in [3.05, 3.63) is 48.3 Å². The summed E-state index contributed by atoms with van der Waals surface area (Å²) in [6.07, 6.45) is 6.52. The number of fused-ring (bicyclic) bond motifs is 1. The van der Waals surface area contributed by atoms with Crippen molar-refractivity contribution in [2.75, 3.05) is 24.4 Å². The zero-order chi connectivity index (χ0) is 25.3. The predicted octanol–water partition coefficient (Wildman–Crippen LogP) is 4.75. The van der Waals surface area contributed by atoms with Gasteiger partial charge in [0.2, 0.25) is 5.95 Å². The third-order valence-electron chi connectivity index (χ3n) is 6.59. The number of thioether (sulfide) groups is 1. The maximum atomic E-state index is 15.0. The highest BCUT2D eigenvalue weighted by Crippen LogP contribution is 2.53. The largest absolute Gasteiger partial charge is 0.479 e. The van der Waals surface area contributed by atoms with E-state index in [1.54, 1.807) is 32.3 Å². The van der Waals surface area contributed by atoms with Gasteiger partial charge in [-0.15, -0.1) is 17.7 Å². The Labute approximate surface area is 212 Å². The molecular weight excluding hydrogens is 482 g/mol. The molecule has 5 rings (SSSR count). The molecule has 0 saturated heterocycles. The van der Waals surface area contributed by atoms with Gasteiger partial charge < -0.3 is 15.8 Å². The van der Waals surface area contributed by atoms with Gasteiger partial charge in [-0.2, -0.15) is 4.39 Å². The summed E-state index contributed by atoms with van der Waals surface area (Å²) in [5.41, 5.74) is 6.75. The fraction of sp³-hybridized carbons (Fsp3) is 0.385. The van der Waals surface area contributed by atoms with Gasteiger partial charge in [-0.25, -0.2) is 19.3 Å². The number of nitrogens with one attached hydrogen (secondary N) is 1. The summed E-state index contributed by atoms with van der Waals surface area (Å²) in [4.78, 5) is 17.5. The normalized spacial score (nSPS) is 23.5. The molecule has 2 aliphatic rings. The van der Waals surface area contributed by atoms with Crippen LogP contribution < -0.4 is 15.8 Å². The van der Waals surface area contributed by atoms with Crippen LogP contribution in [0.4, 0.5) is 20.3 Å². The molecule has 0 amide bonds. The summed E-state index contributed by atoms with van der Waals surface area (Å²) in [5, 5.41) is 4.02. The van der Waals surface area contributed by atoms with Gasteiger partial charge in [-0.05, 0) is 50.8 Å². The van der Waals surface area contributed by atoms with Gasteiger partial charge in [-0.3, -0.25) is 4.99 Å². The number of nitrogens with zero attached hydrogens (tertiary/aromatic N) is 4. The second-order valence-electron chi connectivity index (χ2n) is 9.16. The molecule has 1 saturated carbocycles. The Hall–Kier alpha value is -3.45.